The molecule has 0 unspecified atom stereocenters. The molecule has 1 aromatic carbocycles. The molecule has 3 nitrogen and oxygen atoms in total. The summed E-state index contributed by atoms with van der Waals surface area (Å²) < 4.78 is 0. The molecule has 0 aliphatic heterocycles. The Hall–Kier alpha value is -1.81. The van der Waals surface area contributed by atoms with Gasteiger partial charge in [0.15, 0.2) is 0 Å². The Morgan fingerprint density at radius 2 is 2.00 bits per heavy atom. The molecular formula is C16H20N2OS. The second-order valence-electron chi connectivity index (χ2n) is 5.51. The normalized spacial score (nSPS) is 11.3. The number of nitrogens with one attached hydrogen (secondary N) is 1. The fraction of sp³-hybridized carbons (Fsp3) is 0.312. The van der Waals surface area contributed by atoms with E-state index in [0.717, 1.165) is 5.56 Å². The smallest absolute Gasteiger partial charge is 0.224 e. The van der Waals surface area contributed by atoms with E-state index in [1.807, 2.05) is 30.3 Å². The minimum absolute atomic E-state index is 0.00697. The average Bonchev–Trinajstić information content (AvgIpc) is 2.94. The molecule has 0 bridgehead atoms. The summed E-state index contributed by atoms with van der Waals surface area (Å²) in [5.41, 5.74) is 7.34. The summed E-state index contributed by atoms with van der Waals surface area (Å²) in [5, 5.41) is 5.06. The van der Waals surface area contributed by atoms with Crippen LogP contribution in [0.2, 0.25) is 0 Å². The van der Waals surface area contributed by atoms with E-state index < -0.39 is 0 Å². The van der Waals surface area contributed by atoms with Crippen molar-refractivity contribution in [2.45, 2.75) is 25.7 Å². The van der Waals surface area contributed by atoms with Gasteiger partial charge in [0, 0.05) is 22.5 Å². The lowest BCUT2D eigenvalue weighted by Gasteiger charge is -2.23. The van der Waals surface area contributed by atoms with Crippen LogP contribution in [0, 0.1) is 0 Å². The zero-order valence-corrected chi connectivity index (χ0v) is 12.7. The standard InChI is InChI=1S/C16H20N2OS/c1-16(2,14-8-5-9-20-14)11-18-15(19)10-12-6-3-4-7-13(12)17/h3-9H,10-11,17H2,1-2H3,(H,18,19). The fourth-order valence-electron chi connectivity index (χ4n) is 2.00. The lowest BCUT2D eigenvalue weighted by molar-refractivity contribution is -0.120. The molecule has 0 fully saturated rings. The van der Waals surface area contributed by atoms with Crippen LogP contribution in [0.3, 0.4) is 0 Å². The molecule has 1 aromatic heterocycles. The van der Waals surface area contributed by atoms with Crippen LogP contribution in [0.25, 0.3) is 0 Å². The molecule has 0 atom stereocenters. The number of hydrogen-bond donors (Lipinski definition) is 2. The van der Waals surface area contributed by atoms with Crippen molar-refractivity contribution >= 4 is 22.9 Å². The molecule has 0 aliphatic carbocycles. The van der Waals surface area contributed by atoms with Crippen LogP contribution in [0.5, 0.6) is 0 Å². The lowest BCUT2D eigenvalue weighted by Crippen LogP contribution is -2.37. The number of para-hydroxylation sites is 1. The number of anilines is 1. The van der Waals surface area contributed by atoms with Gasteiger partial charge in [-0.15, -0.1) is 11.3 Å². The van der Waals surface area contributed by atoms with E-state index in [-0.39, 0.29) is 11.3 Å². The Balaban J connectivity index is 1.91. The summed E-state index contributed by atoms with van der Waals surface area (Å²) in [6.45, 7) is 4.89. The van der Waals surface area contributed by atoms with Gasteiger partial charge in [0.25, 0.3) is 0 Å². The van der Waals surface area contributed by atoms with Crippen LogP contribution in [0.1, 0.15) is 24.3 Å². The molecule has 20 heavy (non-hydrogen) atoms. The van der Waals surface area contributed by atoms with Crippen molar-refractivity contribution in [1.29, 1.82) is 0 Å². The molecule has 106 valence electrons. The van der Waals surface area contributed by atoms with E-state index in [0.29, 0.717) is 18.7 Å². The molecular weight excluding hydrogens is 268 g/mol. The van der Waals surface area contributed by atoms with Gasteiger partial charge in [-0.25, -0.2) is 0 Å². The Labute approximate surface area is 123 Å². The quantitative estimate of drug-likeness (QED) is 0.831. The van der Waals surface area contributed by atoms with Gasteiger partial charge < -0.3 is 11.1 Å². The maximum Gasteiger partial charge on any atom is 0.224 e. The van der Waals surface area contributed by atoms with Crippen molar-refractivity contribution in [2.24, 2.45) is 0 Å². The molecule has 1 amide bonds. The highest BCUT2D eigenvalue weighted by Crippen LogP contribution is 2.26. The van der Waals surface area contributed by atoms with Crippen molar-refractivity contribution < 1.29 is 4.79 Å². The van der Waals surface area contributed by atoms with Crippen LogP contribution in [-0.2, 0) is 16.6 Å². The molecule has 0 radical (unpaired) electrons. The summed E-state index contributed by atoms with van der Waals surface area (Å²) in [6, 6.07) is 11.6. The third-order valence-corrected chi connectivity index (χ3v) is 4.56. The number of thiophene rings is 1. The Morgan fingerprint density at radius 1 is 1.25 bits per heavy atom. The zero-order chi connectivity index (χ0) is 14.6. The first-order chi connectivity index (χ1) is 9.49. The summed E-state index contributed by atoms with van der Waals surface area (Å²) in [7, 11) is 0. The van der Waals surface area contributed by atoms with Gasteiger partial charge in [0.1, 0.15) is 0 Å². The number of rotatable bonds is 5. The van der Waals surface area contributed by atoms with Crippen molar-refractivity contribution in [3.63, 3.8) is 0 Å². The highest BCUT2D eigenvalue weighted by molar-refractivity contribution is 7.10. The second-order valence-corrected chi connectivity index (χ2v) is 6.46. The van der Waals surface area contributed by atoms with Crippen molar-refractivity contribution in [1.82, 2.24) is 5.32 Å². The van der Waals surface area contributed by atoms with E-state index in [2.05, 4.69) is 30.6 Å². The molecule has 1 heterocycles. The largest absolute Gasteiger partial charge is 0.398 e. The number of hydrogen-bond acceptors (Lipinski definition) is 3. The third-order valence-electron chi connectivity index (χ3n) is 3.32. The first-order valence-corrected chi connectivity index (χ1v) is 7.51. The first-order valence-electron chi connectivity index (χ1n) is 6.63. The Morgan fingerprint density at radius 3 is 2.65 bits per heavy atom. The molecule has 0 saturated heterocycles. The molecule has 0 aliphatic rings. The van der Waals surface area contributed by atoms with Crippen molar-refractivity contribution in [3.05, 3.63) is 52.2 Å². The third kappa shape index (κ3) is 3.61. The summed E-state index contributed by atoms with van der Waals surface area (Å²) in [5.74, 6) is 0.00697. The SMILES string of the molecule is CC(C)(CNC(=O)Cc1ccccc1N)c1cccs1. The fourth-order valence-corrected chi connectivity index (χ4v) is 2.85. The molecule has 0 spiro atoms. The summed E-state index contributed by atoms with van der Waals surface area (Å²) in [6.07, 6.45) is 0.327. The van der Waals surface area contributed by atoms with Crippen molar-refractivity contribution in [2.75, 3.05) is 12.3 Å². The number of nitrogen functional groups attached to an aromatic ring is 1. The lowest BCUT2D eigenvalue weighted by atomic mass is 9.91. The van der Waals surface area contributed by atoms with Crippen LogP contribution in [-0.4, -0.2) is 12.5 Å². The highest BCUT2D eigenvalue weighted by Gasteiger charge is 2.22. The maximum atomic E-state index is 12.0. The molecule has 2 rings (SSSR count). The van der Waals surface area contributed by atoms with E-state index in [1.54, 1.807) is 11.3 Å². The average molecular weight is 288 g/mol. The zero-order valence-electron chi connectivity index (χ0n) is 11.8. The minimum Gasteiger partial charge on any atom is -0.398 e. The summed E-state index contributed by atoms with van der Waals surface area (Å²) in [4.78, 5) is 13.3. The van der Waals surface area contributed by atoms with E-state index in [9.17, 15) is 4.79 Å². The molecule has 4 heteroatoms. The predicted molar refractivity (Wildman–Crippen MR) is 84.9 cm³/mol. The van der Waals surface area contributed by atoms with E-state index in [1.165, 1.54) is 4.88 Å². The maximum absolute atomic E-state index is 12.0. The highest BCUT2D eigenvalue weighted by atomic mass is 32.1. The van der Waals surface area contributed by atoms with Gasteiger partial charge in [-0.05, 0) is 23.1 Å². The monoisotopic (exact) mass is 288 g/mol. The molecule has 3 N–H and O–H groups in total. The number of nitrogens with two attached hydrogens (primary N) is 1. The van der Waals surface area contributed by atoms with E-state index >= 15 is 0 Å². The minimum atomic E-state index is -0.0495. The van der Waals surface area contributed by atoms with Crippen LogP contribution >= 0.6 is 11.3 Å². The van der Waals surface area contributed by atoms with Gasteiger partial charge in [0.2, 0.25) is 5.91 Å². The van der Waals surface area contributed by atoms with Gasteiger partial charge in [-0.3, -0.25) is 4.79 Å². The second kappa shape index (κ2) is 6.09. The molecule has 2 aromatic rings. The number of amides is 1. The Kier molecular flexibility index (Phi) is 4.45. The van der Waals surface area contributed by atoms with Gasteiger partial charge in [-0.2, -0.15) is 0 Å². The van der Waals surface area contributed by atoms with Gasteiger partial charge >= 0.3 is 0 Å². The van der Waals surface area contributed by atoms with Gasteiger partial charge in [-0.1, -0.05) is 38.1 Å². The number of carbonyl (C=O) groups excluding carboxylic acids is 1. The topological polar surface area (TPSA) is 55.1 Å². The van der Waals surface area contributed by atoms with E-state index in [4.69, 9.17) is 5.73 Å². The number of benzene rings is 1. The summed E-state index contributed by atoms with van der Waals surface area (Å²) >= 11 is 1.72. The van der Waals surface area contributed by atoms with Crippen molar-refractivity contribution in [3.8, 4) is 0 Å². The van der Waals surface area contributed by atoms with Gasteiger partial charge in [0.05, 0.1) is 6.42 Å². The number of carbonyl (C=O) groups is 1. The first kappa shape index (κ1) is 14.6. The molecule has 0 saturated carbocycles. The van der Waals surface area contributed by atoms with Crippen LogP contribution in [0.15, 0.2) is 41.8 Å². The van der Waals surface area contributed by atoms with Crippen LogP contribution < -0.4 is 11.1 Å². The predicted octanol–water partition coefficient (Wildman–Crippen LogP) is 2.97. The Bertz CT molecular complexity index is 576. The van der Waals surface area contributed by atoms with Crippen LogP contribution in [0.4, 0.5) is 5.69 Å².